The first kappa shape index (κ1) is 30.9. The molecule has 1 aromatic rings. The number of para-hydroxylation sites is 1. The van der Waals surface area contributed by atoms with Gasteiger partial charge in [0.25, 0.3) is 0 Å². The number of benzene rings is 1. The SMILES string of the molecule is CCCCC/C=C\CCCCCCCCCCCCC(=O)NS(=O)(=O)CC(=O)c1ccccc1O. The first-order valence-electron chi connectivity index (χ1n) is 13.3. The van der Waals surface area contributed by atoms with Crippen LogP contribution in [0.3, 0.4) is 0 Å². The molecule has 7 heteroatoms. The number of phenolic OH excluding ortho intramolecular Hbond substituents is 1. The maximum atomic E-state index is 12.1. The average Bonchev–Trinajstić information content (AvgIpc) is 2.80. The number of rotatable bonds is 21. The number of Topliss-reactive ketones (excluding diaryl/α,β-unsaturated/α-hetero) is 1. The summed E-state index contributed by atoms with van der Waals surface area (Å²) in [5.41, 5.74) is -0.0735. The van der Waals surface area contributed by atoms with Gasteiger partial charge in [-0.1, -0.05) is 95.4 Å². The Labute approximate surface area is 212 Å². The maximum Gasteiger partial charge on any atom is 0.242 e. The molecule has 0 aliphatic carbocycles. The predicted molar refractivity (Wildman–Crippen MR) is 143 cm³/mol. The lowest BCUT2D eigenvalue weighted by Crippen LogP contribution is -2.34. The molecule has 0 bridgehead atoms. The van der Waals surface area contributed by atoms with E-state index < -0.39 is 27.5 Å². The number of sulfonamides is 1. The van der Waals surface area contributed by atoms with Gasteiger partial charge in [-0.05, 0) is 44.2 Å². The molecule has 6 nitrogen and oxygen atoms in total. The molecule has 0 saturated carbocycles. The van der Waals surface area contributed by atoms with Crippen molar-refractivity contribution in [3.8, 4) is 5.75 Å². The quantitative estimate of drug-likeness (QED) is 0.108. The van der Waals surface area contributed by atoms with Crippen molar-refractivity contribution in [3.05, 3.63) is 42.0 Å². The maximum absolute atomic E-state index is 12.1. The molecule has 198 valence electrons. The Morgan fingerprint density at radius 1 is 0.800 bits per heavy atom. The number of carbonyl (C=O) groups is 2. The van der Waals surface area contributed by atoms with Crippen LogP contribution in [0.15, 0.2) is 36.4 Å². The molecule has 0 radical (unpaired) electrons. The molecule has 0 spiro atoms. The summed E-state index contributed by atoms with van der Waals surface area (Å²) in [6.45, 7) is 2.23. The van der Waals surface area contributed by atoms with Gasteiger partial charge < -0.3 is 5.11 Å². The Morgan fingerprint density at radius 2 is 1.31 bits per heavy atom. The van der Waals surface area contributed by atoms with Crippen molar-refractivity contribution >= 4 is 21.7 Å². The first-order chi connectivity index (χ1) is 16.9. The summed E-state index contributed by atoms with van der Waals surface area (Å²) in [4.78, 5) is 24.0. The largest absolute Gasteiger partial charge is 0.507 e. The van der Waals surface area contributed by atoms with Gasteiger partial charge in [0.2, 0.25) is 15.9 Å². The van der Waals surface area contributed by atoms with Crippen LogP contribution in [0.5, 0.6) is 5.75 Å². The van der Waals surface area contributed by atoms with E-state index in [1.807, 2.05) is 4.72 Å². The predicted octanol–water partition coefficient (Wildman–Crippen LogP) is 6.84. The minimum absolute atomic E-state index is 0.0735. The molecular formula is C28H45NO5S. The van der Waals surface area contributed by atoms with Crippen molar-refractivity contribution in [1.82, 2.24) is 4.72 Å². The van der Waals surface area contributed by atoms with Crippen LogP contribution in [0.2, 0.25) is 0 Å². The molecule has 0 aliphatic rings. The van der Waals surface area contributed by atoms with E-state index in [1.54, 1.807) is 6.07 Å². The minimum Gasteiger partial charge on any atom is -0.507 e. The summed E-state index contributed by atoms with van der Waals surface area (Å²) < 4.78 is 26.1. The molecule has 35 heavy (non-hydrogen) atoms. The first-order valence-corrected chi connectivity index (χ1v) is 15.0. The summed E-state index contributed by atoms with van der Waals surface area (Å²) in [6.07, 6.45) is 22.4. The van der Waals surface area contributed by atoms with Crippen LogP contribution in [-0.2, 0) is 14.8 Å². The Balaban J connectivity index is 1.99. The van der Waals surface area contributed by atoms with Crippen LogP contribution in [0.25, 0.3) is 0 Å². The summed E-state index contributed by atoms with van der Waals surface area (Å²) in [7, 11) is -4.08. The number of allylic oxidation sites excluding steroid dienone is 2. The lowest BCUT2D eigenvalue weighted by Gasteiger charge is -2.07. The van der Waals surface area contributed by atoms with Crippen molar-refractivity contribution in [2.24, 2.45) is 0 Å². The van der Waals surface area contributed by atoms with E-state index in [4.69, 9.17) is 0 Å². The van der Waals surface area contributed by atoms with Crippen LogP contribution in [0.4, 0.5) is 0 Å². The molecule has 2 N–H and O–H groups in total. The Hall–Kier alpha value is -2.15. The van der Waals surface area contributed by atoms with Crippen molar-refractivity contribution in [2.45, 2.75) is 110 Å². The second-order valence-electron chi connectivity index (χ2n) is 9.27. The van der Waals surface area contributed by atoms with Gasteiger partial charge in [0, 0.05) is 6.42 Å². The number of hydrogen-bond donors (Lipinski definition) is 2. The monoisotopic (exact) mass is 507 g/mol. The van der Waals surface area contributed by atoms with Crippen LogP contribution in [0.1, 0.15) is 120 Å². The van der Waals surface area contributed by atoms with Crippen molar-refractivity contribution < 1.29 is 23.1 Å². The smallest absolute Gasteiger partial charge is 0.242 e. The zero-order chi connectivity index (χ0) is 25.8. The normalized spacial score (nSPS) is 11.7. The third-order valence-corrected chi connectivity index (χ3v) is 7.14. The van der Waals surface area contributed by atoms with Crippen LogP contribution < -0.4 is 4.72 Å². The van der Waals surface area contributed by atoms with Gasteiger partial charge in [0.05, 0.1) is 5.56 Å². The molecule has 1 rings (SSSR count). The highest BCUT2D eigenvalue weighted by Crippen LogP contribution is 2.17. The second-order valence-corrected chi connectivity index (χ2v) is 11.0. The highest BCUT2D eigenvalue weighted by atomic mass is 32.2. The fourth-order valence-corrected chi connectivity index (χ4v) is 4.95. The number of nitrogens with one attached hydrogen (secondary N) is 1. The molecular weight excluding hydrogens is 462 g/mol. The zero-order valence-corrected chi connectivity index (χ0v) is 22.3. The summed E-state index contributed by atoms with van der Waals surface area (Å²) >= 11 is 0. The standard InChI is InChI=1S/C28H45NO5S/c1-2-3-4-5-6-7-8-9-10-11-12-13-14-15-16-17-18-23-28(32)29-35(33,34)24-27(31)25-21-19-20-22-26(25)30/h6-7,19-22,30H,2-5,8-18,23-24H2,1H3,(H,29,32)/b7-6-. The van der Waals surface area contributed by atoms with Crippen molar-refractivity contribution in [2.75, 3.05) is 5.75 Å². The Kier molecular flexibility index (Phi) is 16.8. The molecule has 1 amide bonds. The van der Waals surface area contributed by atoms with Gasteiger partial charge in [0.15, 0.2) is 5.78 Å². The molecule has 0 heterocycles. The molecule has 1 aromatic carbocycles. The summed E-state index contributed by atoms with van der Waals surface area (Å²) in [6, 6.07) is 5.74. The van der Waals surface area contributed by atoms with Crippen LogP contribution >= 0.6 is 0 Å². The van der Waals surface area contributed by atoms with Gasteiger partial charge in [-0.15, -0.1) is 0 Å². The minimum atomic E-state index is -4.08. The third-order valence-electron chi connectivity index (χ3n) is 5.96. The van der Waals surface area contributed by atoms with Crippen LogP contribution in [0, 0.1) is 0 Å². The molecule has 0 saturated heterocycles. The van der Waals surface area contributed by atoms with E-state index >= 15 is 0 Å². The van der Waals surface area contributed by atoms with Gasteiger partial charge >= 0.3 is 0 Å². The third kappa shape index (κ3) is 16.2. The van der Waals surface area contributed by atoms with Crippen molar-refractivity contribution in [1.29, 1.82) is 0 Å². The van der Waals surface area contributed by atoms with E-state index in [0.29, 0.717) is 6.42 Å². The molecule has 0 fully saturated rings. The average molecular weight is 508 g/mol. The Bertz CT molecular complexity index is 864. The second kappa shape index (κ2) is 19.1. The number of hydrogen-bond acceptors (Lipinski definition) is 5. The Morgan fingerprint density at radius 3 is 1.89 bits per heavy atom. The number of phenols is 1. The number of unbranched alkanes of at least 4 members (excludes halogenated alkanes) is 13. The van der Waals surface area contributed by atoms with Gasteiger partial charge in [-0.25, -0.2) is 8.42 Å². The lowest BCUT2D eigenvalue weighted by molar-refractivity contribution is -0.119. The van der Waals surface area contributed by atoms with E-state index in [1.165, 1.54) is 88.8 Å². The molecule has 0 aliphatic heterocycles. The fraction of sp³-hybridized carbons (Fsp3) is 0.643. The van der Waals surface area contributed by atoms with E-state index in [2.05, 4.69) is 19.1 Å². The molecule has 0 aromatic heterocycles. The van der Waals surface area contributed by atoms with Crippen LogP contribution in [-0.4, -0.2) is 31.0 Å². The van der Waals surface area contributed by atoms with Crippen molar-refractivity contribution in [3.63, 3.8) is 0 Å². The highest BCUT2D eigenvalue weighted by molar-refractivity contribution is 7.90. The summed E-state index contributed by atoms with van der Waals surface area (Å²) in [5.74, 6) is -2.49. The molecule has 0 atom stereocenters. The highest BCUT2D eigenvalue weighted by Gasteiger charge is 2.21. The summed E-state index contributed by atoms with van der Waals surface area (Å²) in [5, 5.41) is 9.67. The molecule has 0 unspecified atom stereocenters. The zero-order valence-electron chi connectivity index (χ0n) is 21.5. The van der Waals surface area contributed by atoms with E-state index in [0.717, 1.165) is 19.3 Å². The van der Waals surface area contributed by atoms with E-state index in [-0.39, 0.29) is 17.7 Å². The van der Waals surface area contributed by atoms with Gasteiger partial charge in [-0.2, -0.15) is 0 Å². The number of aromatic hydroxyl groups is 1. The number of ketones is 1. The number of carbonyl (C=O) groups excluding carboxylic acids is 2. The lowest BCUT2D eigenvalue weighted by atomic mass is 10.0. The van der Waals surface area contributed by atoms with Gasteiger partial charge in [0.1, 0.15) is 11.5 Å². The fourth-order valence-electron chi connectivity index (χ4n) is 3.93. The topological polar surface area (TPSA) is 101 Å². The van der Waals surface area contributed by atoms with Gasteiger partial charge in [-0.3, -0.25) is 14.3 Å². The van der Waals surface area contributed by atoms with E-state index in [9.17, 15) is 23.1 Å². The number of amides is 1.